The van der Waals surface area contributed by atoms with Gasteiger partial charge in [0.05, 0.1) is 31.1 Å². The number of sulfonamides is 1. The van der Waals surface area contributed by atoms with Gasteiger partial charge in [-0.3, -0.25) is 43.6 Å². The zero-order chi connectivity index (χ0) is 37.4. The molecule has 0 aromatic heterocycles. The molecule has 2 amide bonds. The van der Waals surface area contributed by atoms with E-state index < -0.39 is 45.8 Å². The zero-order valence-electron chi connectivity index (χ0n) is 28.4. The number of carbonyl (C=O) groups is 5. The average molecular weight is 734 g/mol. The van der Waals surface area contributed by atoms with Gasteiger partial charge in [0.2, 0.25) is 21.8 Å². The maximum atomic E-state index is 13.5. The highest BCUT2D eigenvalue weighted by Crippen LogP contribution is 2.10. The van der Waals surface area contributed by atoms with E-state index in [1.807, 2.05) is 30.3 Å². The number of benzene rings is 2. The van der Waals surface area contributed by atoms with Crippen molar-refractivity contribution in [1.82, 2.24) is 30.2 Å². The molecule has 1 aliphatic heterocycles. The Hall–Kier alpha value is -4.46. The van der Waals surface area contributed by atoms with Crippen LogP contribution in [-0.2, 0) is 46.8 Å². The Kier molecular flexibility index (Phi) is 16.4. The Balaban J connectivity index is 1.71. The van der Waals surface area contributed by atoms with Gasteiger partial charge in [0.1, 0.15) is 6.04 Å². The molecule has 0 saturated carbocycles. The van der Waals surface area contributed by atoms with E-state index in [1.165, 1.54) is 12.1 Å². The number of nitrogens with two attached hydrogens (primary N) is 1. The first-order chi connectivity index (χ1) is 24.2. The lowest BCUT2D eigenvalue weighted by molar-refractivity contribution is -0.140. The van der Waals surface area contributed by atoms with Crippen LogP contribution in [0, 0.1) is 0 Å². The van der Waals surface area contributed by atoms with E-state index >= 15 is 0 Å². The molecule has 51 heavy (non-hydrogen) atoms. The Labute approximate surface area is 297 Å². The maximum Gasteiger partial charge on any atom is 0.317 e. The predicted octanol–water partition coefficient (Wildman–Crippen LogP) is -1.80. The topological polar surface area (TPSA) is 243 Å². The number of nitrogens with one attached hydrogen (secondary N) is 2. The summed E-state index contributed by atoms with van der Waals surface area (Å²) in [6, 6.07) is 14.2. The Morgan fingerprint density at radius 2 is 1.08 bits per heavy atom. The summed E-state index contributed by atoms with van der Waals surface area (Å²) in [7, 11) is -3.83. The summed E-state index contributed by atoms with van der Waals surface area (Å²) in [6.45, 7) is 1.17. The second-order valence-electron chi connectivity index (χ2n) is 12.3. The van der Waals surface area contributed by atoms with Crippen molar-refractivity contribution >= 4 is 39.7 Å². The van der Waals surface area contributed by atoms with Crippen LogP contribution in [0.2, 0.25) is 0 Å². The second-order valence-corrected chi connectivity index (χ2v) is 13.9. The van der Waals surface area contributed by atoms with Gasteiger partial charge in [0, 0.05) is 65.3 Å². The summed E-state index contributed by atoms with van der Waals surface area (Å²) in [5, 5.41) is 39.1. The first-order valence-electron chi connectivity index (χ1n) is 16.5. The lowest BCUT2D eigenvalue weighted by atomic mass is 10.0. The second kappa shape index (κ2) is 20.4. The van der Waals surface area contributed by atoms with E-state index in [2.05, 4.69) is 10.6 Å². The maximum absolute atomic E-state index is 13.5. The Bertz CT molecular complexity index is 1550. The number of hydrogen-bond acceptors (Lipinski definition) is 11. The predicted molar refractivity (Wildman–Crippen MR) is 185 cm³/mol. The third kappa shape index (κ3) is 16.0. The number of carbonyl (C=O) groups excluding carboxylic acids is 2. The highest BCUT2D eigenvalue weighted by atomic mass is 32.2. The molecule has 2 aromatic rings. The molecule has 17 nitrogen and oxygen atoms in total. The van der Waals surface area contributed by atoms with Crippen molar-refractivity contribution in [2.75, 3.05) is 85.1 Å². The summed E-state index contributed by atoms with van der Waals surface area (Å²) in [5.74, 6) is -4.05. The highest BCUT2D eigenvalue weighted by molar-refractivity contribution is 7.89. The van der Waals surface area contributed by atoms with E-state index in [1.54, 1.807) is 31.7 Å². The molecule has 1 atom stereocenters. The molecule has 18 heteroatoms. The number of amides is 2. The molecule has 3 rings (SSSR count). The van der Waals surface area contributed by atoms with Crippen LogP contribution in [0.4, 0.5) is 0 Å². The van der Waals surface area contributed by atoms with Gasteiger partial charge in [0.25, 0.3) is 0 Å². The minimum absolute atomic E-state index is 0.0234. The number of carboxylic acids is 3. The molecule has 2 aromatic carbocycles. The fourth-order valence-corrected chi connectivity index (χ4v) is 6.10. The van der Waals surface area contributed by atoms with Gasteiger partial charge >= 0.3 is 17.9 Å². The lowest BCUT2D eigenvalue weighted by Crippen LogP contribution is -2.53. The van der Waals surface area contributed by atoms with Crippen molar-refractivity contribution in [3.8, 4) is 0 Å². The van der Waals surface area contributed by atoms with Crippen molar-refractivity contribution in [3.05, 3.63) is 65.7 Å². The number of aliphatic carboxylic acids is 3. The smallest absolute Gasteiger partial charge is 0.317 e. The number of carboxylic acid groups (broad SMARTS) is 3. The van der Waals surface area contributed by atoms with Crippen molar-refractivity contribution in [2.45, 2.75) is 23.8 Å². The summed E-state index contributed by atoms with van der Waals surface area (Å²) >= 11 is 0. The van der Waals surface area contributed by atoms with Gasteiger partial charge in [0.15, 0.2) is 0 Å². The third-order valence-corrected chi connectivity index (χ3v) is 9.20. The molecular weight excluding hydrogens is 686 g/mol. The first-order valence-corrected chi connectivity index (χ1v) is 18.0. The van der Waals surface area contributed by atoms with Crippen molar-refractivity contribution < 1.29 is 47.7 Å². The molecule has 280 valence electrons. The molecular formula is C33H47N7O10S. The number of nitrogens with zero attached hydrogens (tertiary/aromatic N) is 4. The standard InChI is InChI=1S/C33H47N7O10S/c34-51(49,50)27-8-6-25(7-9-27)10-11-35-33(48)28(20-26-4-2-1-3-5-26)36-29(41)21-37-12-14-38(22-30(42)43)16-18-40(24-32(46)47)19-17-39(15-13-37)23-31(44)45/h1-9,28H,10-24H2,(H,35,48)(H,36,41)(H,42,43)(H,44,45)(H,46,47)(H2,34,49,50)/t28-/m0/s1. The first kappa shape index (κ1) is 41.0. The highest BCUT2D eigenvalue weighted by Gasteiger charge is 2.24. The third-order valence-electron chi connectivity index (χ3n) is 8.27. The van der Waals surface area contributed by atoms with Crippen molar-refractivity contribution in [2.24, 2.45) is 5.14 Å². The van der Waals surface area contributed by atoms with E-state index in [0.717, 1.165) is 11.1 Å². The summed E-state index contributed by atoms with van der Waals surface area (Å²) < 4.78 is 23.1. The normalized spacial score (nSPS) is 16.6. The zero-order valence-corrected chi connectivity index (χ0v) is 29.2. The molecule has 1 aliphatic rings. The van der Waals surface area contributed by atoms with Gasteiger partial charge in [-0.15, -0.1) is 0 Å². The average Bonchev–Trinajstić information content (AvgIpc) is 3.05. The number of rotatable bonds is 16. The van der Waals surface area contributed by atoms with Gasteiger partial charge < -0.3 is 26.0 Å². The van der Waals surface area contributed by atoms with E-state index in [9.17, 15) is 47.7 Å². The van der Waals surface area contributed by atoms with E-state index in [-0.39, 0.29) is 96.4 Å². The molecule has 0 radical (unpaired) electrons. The lowest BCUT2D eigenvalue weighted by Gasteiger charge is -2.33. The summed E-state index contributed by atoms with van der Waals surface area (Å²) in [4.78, 5) is 68.2. The van der Waals surface area contributed by atoms with Crippen LogP contribution in [-0.4, -0.2) is 164 Å². The van der Waals surface area contributed by atoms with Crippen molar-refractivity contribution in [3.63, 3.8) is 0 Å². The van der Waals surface area contributed by atoms with Gasteiger partial charge in [-0.2, -0.15) is 0 Å². The van der Waals surface area contributed by atoms with Crippen LogP contribution in [0.25, 0.3) is 0 Å². The minimum Gasteiger partial charge on any atom is -0.480 e. The van der Waals surface area contributed by atoms with Gasteiger partial charge in [-0.05, 0) is 29.7 Å². The minimum atomic E-state index is -3.83. The van der Waals surface area contributed by atoms with Gasteiger partial charge in [-0.25, -0.2) is 13.6 Å². The molecule has 1 heterocycles. The quantitative estimate of drug-likeness (QED) is 0.112. The van der Waals surface area contributed by atoms with E-state index in [4.69, 9.17) is 5.14 Å². The Morgan fingerprint density at radius 1 is 0.647 bits per heavy atom. The van der Waals surface area contributed by atoms with Crippen LogP contribution in [0.1, 0.15) is 11.1 Å². The molecule has 7 N–H and O–H groups in total. The molecule has 0 spiro atoms. The van der Waals surface area contributed by atoms with Crippen LogP contribution < -0.4 is 15.8 Å². The van der Waals surface area contributed by atoms with Crippen LogP contribution in [0.3, 0.4) is 0 Å². The van der Waals surface area contributed by atoms with E-state index in [0.29, 0.717) is 6.42 Å². The van der Waals surface area contributed by atoms with Crippen LogP contribution in [0.15, 0.2) is 59.5 Å². The van der Waals surface area contributed by atoms with Crippen LogP contribution in [0.5, 0.6) is 0 Å². The summed E-state index contributed by atoms with van der Waals surface area (Å²) in [6.07, 6.45) is 0.595. The Morgan fingerprint density at radius 3 is 1.49 bits per heavy atom. The van der Waals surface area contributed by atoms with Crippen molar-refractivity contribution in [1.29, 1.82) is 0 Å². The van der Waals surface area contributed by atoms with Gasteiger partial charge in [-0.1, -0.05) is 42.5 Å². The molecule has 0 aliphatic carbocycles. The molecule has 1 fully saturated rings. The molecule has 0 bridgehead atoms. The molecule has 1 saturated heterocycles. The fourth-order valence-electron chi connectivity index (χ4n) is 5.59. The summed E-state index contributed by atoms with van der Waals surface area (Å²) in [5.41, 5.74) is 1.58. The fraction of sp³-hybridized carbons (Fsp3) is 0.485. The largest absolute Gasteiger partial charge is 0.480 e. The van der Waals surface area contributed by atoms with Crippen LogP contribution >= 0.6 is 0 Å². The SMILES string of the molecule is NS(=O)(=O)c1ccc(CCNC(=O)[C@H](Cc2ccccc2)NC(=O)CN2CCN(CC(=O)O)CCN(CC(=O)O)CCN(CC(=O)O)CC2)cc1. The monoisotopic (exact) mass is 733 g/mol. The molecule has 0 unspecified atom stereocenters. The number of hydrogen-bond donors (Lipinski definition) is 6. The number of primary sulfonamides is 1.